The summed E-state index contributed by atoms with van der Waals surface area (Å²) in [5.74, 6) is -0.427. The molecule has 12 heteroatoms. The molecule has 2 N–H and O–H groups in total. The molecule has 0 fully saturated rings. The van der Waals surface area contributed by atoms with Gasteiger partial charge >= 0.3 is 6.18 Å². The molecule has 0 radical (unpaired) electrons. The minimum atomic E-state index is -4.70. The van der Waals surface area contributed by atoms with Gasteiger partial charge in [-0.05, 0) is 37.3 Å². The number of fused-ring (bicyclic) bond motifs is 1. The summed E-state index contributed by atoms with van der Waals surface area (Å²) in [5, 5.41) is 0.388. The van der Waals surface area contributed by atoms with Crippen LogP contribution in [0.5, 0.6) is 0 Å². The molecule has 0 aliphatic rings. The molecule has 0 spiro atoms. The van der Waals surface area contributed by atoms with Crippen molar-refractivity contribution in [1.29, 1.82) is 0 Å². The molecule has 1 heterocycles. The van der Waals surface area contributed by atoms with E-state index in [1.807, 2.05) is 4.72 Å². The molecule has 32 heavy (non-hydrogen) atoms. The molecular formula is C20H19F3N4O4S. The van der Waals surface area contributed by atoms with Crippen LogP contribution in [-0.4, -0.2) is 42.3 Å². The monoisotopic (exact) mass is 468 g/mol. The first-order chi connectivity index (χ1) is 15.0. The molecule has 170 valence electrons. The molecular weight excluding hydrogens is 449 g/mol. The van der Waals surface area contributed by atoms with Crippen LogP contribution in [0, 0.1) is 0 Å². The lowest BCUT2D eigenvalue weighted by Crippen LogP contribution is -2.40. The van der Waals surface area contributed by atoms with Crippen molar-refractivity contribution in [2.75, 3.05) is 13.1 Å². The number of amides is 1. The zero-order chi connectivity index (χ0) is 23.5. The standard InChI is InChI=1S/C20H19F3N4O4S/c1-2-27(12-17-25-16-9-4-3-8-15(16)19(29)26-17)18(28)11-24-32(30,31)14-7-5-6-13(10-14)20(21,22)23/h3-10,24H,2,11-12H2,1H3,(H,25,26,29). The third-order valence-electron chi connectivity index (χ3n) is 4.62. The van der Waals surface area contributed by atoms with Crippen molar-refractivity contribution in [3.8, 4) is 0 Å². The first-order valence-corrected chi connectivity index (χ1v) is 10.9. The quantitative estimate of drug-likeness (QED) is 0.553. The van der Waals surface area contributed by atoms with Crippen molar-refractivity contribution in [2.45, 2.75) is 24.5 Å². The van der Waals surface area contributed by atoms with E-state index in [2.05, 4.69) is 9.97 Å². The van der Waals surface area contributed by atoms with Crippen LogP contribution in [-0.2, 0) is 27.5 Å². The van der Waals surface area contributed by atoms with E-state index in [1.54, 1.807) is 31.2 Å². The van der Waals surface area contributed by atoms with Crippen molar-refractivity contribution in [3.63, 3.8) is 0 Å². The topological polar surface area (TPSA) is 112 Å². The summed E-state index contributed by atoms with van der Waals surface area (Å²) < 4.78 is 65.3. The number of hydrogen-bond acceptors (Lipinski definition) is 5. The Hall–Kier alpha value is -3.25. The summed E-state index contributed by atoms with van der Waals surface area (Å²) in [5.41, 5.74) is -1.05. The third-order valence-corrected chi connectivity index (χ3v) is 6.02. The average Bonchev–Trinajstić information content (AvgIpc) is 2.75. The minimum Gasteiger partial charge on any atom is -0.334 e. The molecule has 1 amide bonds. The number of halogens is 3. The SMILES string of the molecule is CCN(Cc1nc2ccccc2c(=O)[nH]1)C(=O)CNS(=O)(=O)c1cccc(C(F)(F)F)c1. The van der Waals surface area contributed by atoms with E-state index in [0.717, 1.165) is 18.2 Å². The van der Waals surface area contributed by atoms with Gasteiger partial charge in [-0.15, -0.1) is 0 Å². The van der Waals surface area contributed by atoms with Gasteiger partial charge in [-0.2, -0.15) is 13.2 Å². The Kier molecular flexibility index (Phi) is 6.65. The number of sulfonamides is 1. The second kappa shape index (κ2) is 9.09. The number of para-hydroxylation sites is 1. The lowest BCUT2D eigenvalue weighted by Gasteiger charge is -2.20. The molecule has 3 aromatic rings. The van der Waals surface area contributed by atoms with Gasteiger partial charge < -0.3 is 9.88 Å². The molecule has 0 saturated carbocycles. The highest BCUT2D eigenvalue weighted by atomic mass is 32.2. The highest BCUT2D eigenvalue weighted by Crippen LogP contribution is 2.30. The van der Waals surface area contributed by atoms with Crippen molar-refractivity contribution in [3.05, 3.63) is 70.3 Å². The van der Waals surface area contributed by atoms with Gasteiger partial charge in [-0.3, -0.25) is 9.59 Å². The average molecular weight is 468 g/mol. The highest BCUT2D eigenvalue weighted by molar-refractivity contribution is 7.89. The fourth-order valence-electron chi connectivity index (χ4n) is 2.96. The number of alkyl halides is 3. The lowest BCUT2D eigenvalue weighted by molar-refractivity contribution is -0.137. The number of likely N-dealkylation sites (N-methyl/N-ethyl adjacent to an activating group) is 1. The van der Waals surface area contributed by atoms with E-state index < -0.39 is 39.1 Å². The Labute approximate surface area is 181 Å². The minimum absolute atomic E-state index is 0.0826. The van der Waals surface area contributed by atoms with Crippen LogP contribution < -0.4 is 10.3 Å². The van der Waals surface area contributed by atoms with Gasteiger partial charge in [0.1, 0.15) is 5.82 Å². The number of aromatic amines is 1. The molecule has 0 aliphatic heterocycles. The molecule has 3 rings (SSSR count). The third kappa shape index (κ3) is 5.32. The molecule has 0 aliphatic carbocycles. The van der Waals surface area contributed by atoms with Crippen LogP contribution in [0.1, 0.15) is 18.3 Å². The van der Waals surface area contributed by atoms with Crippen LogP contribution in [0.4, 0.5) is 13.2 Å². The number of aromatic nitrogens is 2. The molecule has 0 bridgehead atoms. The summed E-state index contributed by atoms with van der Waals surface area (Å²) in [4.78, 5) is 32.2. The highest BCUT2D eigenvalue weighted by Gasteiger charge is 2.31. The van der Waals surface area contributed by atoms with Gasteiger partial charge in [0.15, 0.2) is 0 Å². The molecule has 8 nitrogen and oxygen atoms in total. The maximum Gasteiger partial charge on any atom is 0.416 e. The van der Waals surface area contributed by atoms with E-state index in [0.29, 0.717) is 17.0 Å². The van der Waals surface area contributed by atoms with E-state index >= 15 is 0 Å². The van der Waals surface area contributed by atoms with Crippen LogP contribution in [0.2, 0.25) is 0 Å². The smallest absolute Gasteiger partial charge is 0.334 e. The maximum absolute atomic E-state index is 12.8. The first-order valence-electron chi connectivity index (χ1n) is 9.44. The van der Waals surface area contributed by atoms with Crippen LogP contribution >= 0.6 is 0 Å². The van der Waals surface area contributed by atoms with Gasteiger partial charge in [0.25, 0.3) is 5.56 Å². The molecule has 0 saturated heterocycles. The Morgan fingerprint density at radius 3 is 2.56 bits per heavy atom. The van der Waals surface area contributed by atoms with Crippen LogP contribution in [0.3, 0.4) is 0 Å². The van der Waals surface area contributed by atoms with Crippen LogP contribution in [0.15, 0.2) is 58.2 Å². The second-order valence-corrected chi connectivity index (χ2v) is 8.55. The van der Waals surface area contributed by atoms with E-state index in [4.69, 9.17) is 0 Å². The predicted octanol–water partition coefficient (Wildman–Crippen LogP) is 2.27. The van der Waals surface area contributed by atoms with Crippen LogP contribution in [0.25, 0.3) is 10.9 Å². The van der Waals surface area contributed by atoms with E-state index in [9.17, 15) is 31.2 Å². The number of carbonyl (C=O) groups excluding carboxylic acids is 1. The van der Waals surface area contributed by atoms with Crippen molar-refractivity contribution in [1.82, 2.24) is 19.6 Å². The van der Waals surface area contributed by atoms with E-state index in [1.165, 1.54) is 4.90 Å². The van der Waals surface area contributed by atoms with Gasteiger partial charge in [-0.1, -0.05) is 18.2 Å². The van der Waals surface area contributed by atoms with Crippen molar-refractivity contribution < 1.29 is 26.4 Å². The largest absolute Gasteiger partial charge is 0.416 e. The fraction of sp³-hybridized carbons (Fsp3) is 0.250. The number of rotatable bonds is 7. The molecule has 0 unspecified atom stereocenters. The summed E-state index contributed by atoms with van der Waals surface area (Å²) in [6.07, 6.45) is -4.70. The number of carbonyl (C=O) groups is 1. The Bertz CT molecular complexity index is 1310. The number of nitrogens with zero attached hydrogens (tertiary/aromatic N) is 2. The van der Waals surface area contributed by atoms with Gasteiger partial charge in [0, 0.05) is 6.54 Å². The first kappa shape index (κ1) is 23.4. The number of hydrogen-bond donors (Lipinski definition) is 2. The number of H-pyrrole nitrogens is 1. The van der Waals surface area contributed by atoms with Gasteiger partial charge in [0.2, 0.25) is 15.9 Å². The van der Waals surface area contributed by atoms with Gasteiger partial charge in [0.05, 0.1) is 34.5 Å². The zero-order valence-corrected chi connectivity index (χ0v) is 17.6. The van der Waals surface area contributed by atoms with Gasteiger partial charge in [-0.25, -0.2) is 18.1 Å². The molecule has 0 atom stereocenters. The van der Waals surface area contributed by atoms with Crippen molar-refractivity contribution >= 4 is 26.8 Å². The second-order valence-electron chi connectivity index (χ2n) is 6.79. The van der Waals surface area contributed by atoms with E-state index in [-0.39, 0.29) is 24.5 Å². The summed E-state index contributed by atoms with van der Waals surface area (Å²) in [7, 11) is -4.36. The summed E-state index contributed by atoms with van der Waals surface area (Å²) in [6.45, 7) is 1.07. The number of nitrogens with one attached hydrogen (secondary N) is 2. The summed E-state index contributed by atoms with van der Waals surface area (Å²) in [6, 6.07) is 9.88. The zero-order valence-electron chi connectivity index (χ0n) is 16.8. The van der Waals surface area contributed by atoms with Crippen molar-refractivity contribution in [2.24, 2.45) is 0 Å². The summed E-state index contributed by atoms with van der Waals surface area (Å²) >= 11 is 0. The Morgan fingerprint density at radius 2 is 1.88 bits per heavy atom. The lowest BCUT2D eigenvalue weighted by atomic mass is 10.2. The number of benzene rings is 2. The normalized spacial score (nSPS) is 12.1. The maximum atomic E-state index is 12.8. The molecule has 2 aromatic carbocycles. The fourth-order valence-corrected chi connectivity index (χ4v) is 3.98. The predicted molar refractivity (Wildman–Crippen MR) is 110 cm³/mol. The Balaban J connectivity index is 1.72. The molecule has 1 aromatic heterocycles. The Morgan fingerprint density at radius 1 is 1.16 bits per heavy atom.